The maximum Gasteiger partial charge on any atom is 0.270 e. The molecular formula is C37H48ClN7O4. The lowest BCUT2D eigenvalue weighted by Gasteiger charge is -2.36. The second-order valence-electron chi connectivity index (χ2n) is 13.1. The first-order valence-corrected chi connectivity index (χ1v) is 17.8. The molecule has 1 aliphatic carbocycles. The van der Waals surface area contributed by atoms with Gasteiger partial charge in [-0.15, -0.1) is 0 Å². The van der Waals surface area contributed by atoms with Crippen molar-refractivity contribution in [2.24, 2.45) is 13.0 Å². The summed E-state index contributed by atoms with van der Waals surface area (Å²) in [5.74, 6) is -0.723. The van der Waals surface area contributed by atoms with E-state index in [2.05, 4.69) is 25.9 Å². The predicted octanol–water partition coefficient (Wildman–Crippen LogP) is 4.56. The van der Waals surface area contributed by atoms with Crippen LogP contribution in [-0.2, 0) is 34.4 Å². The molecule has 5 rings (SSSR count). The van der Waals surface area contributed by atoms with Crippen LogP contribution >= 0.6 is 11.6 Å². The van der Waals surface area contributed by atoms with E-state index in [1.807, 2.05) is 53.4 Å². The monoisotopic (exact) mass is 689 g/mol. The van der Waals surface area contributed by atoms with Crippen LogP contribution in [-0.4, -0.2) is 81.5 Å². The molecule has 1 saturated carbocycles. The van der Waals surface area contributed by atoms with Gasteiger partial charge in [-0.05, 0) is 67.0 Å². The van der Waals surface area contributed by atoms with Crippen LogP contribution in [0.25, 0.3) is 0 Å². The van der Waals surface area contributed by atoms with Gasteiger partial charge in [0, 0.05) is 63.1 Å². The summed E-state index contributed by atoms with van der Waals surface area (Å²) in [6.45, 7) is 5.14. The molecule has 11 nitrogen and oxygen atoms in total. The second kappa shape index (κ2) is 17.4. The molecule has 3 N–H and O–H groups in total. The molecule has 1 aromatic heterocycles. The maximum absolute atomic E-state index is 13.6. The van der Waals surface area contributed by atoms with Crippen LogP contribution in [0.1, 0.15) is 73.5 Å². The lowest BCUT2D eigenvalue weighted by atomic mass is 9.83. The highest BCUT2D eigenvalue weighted by molar-refractivity contribution is 6.31. The molecule has 49 heavy (non-hydrogen) atoms. The van der Waals surface area contributed by atoms with E-state index in [4.69, 9.17) is 11.6 Å². The first kappa shape index (κ1) is 36.1. The molecule has 2 aliphatic rings. The molecule has 2 atom stereocenters. The van der Waals surface area contributed by atoms with Crippen LogP contribution in [0.5, 0.6) is 0 Å². The lowest BCUT2D eigenvalue weighted by Crippen LogP contribution is -2.54. The van der Waals surface area contributed by atoms with E-state index in [0.29, 0.717) is 43.7 Å². The van der Waals surface area contributed by atoms with E-state index in [-0.39, 0.29) is 29.5 Å². The Morgan fingerprint density at radius 3 is 2.29 bits per heavy atom. The zero-order chi connectivity index (χ0) is 34.8. The highest BCUT2D eigenvalue weighted by atomic mass is 35.5. The number of carbonyl (C=O) groups is 4. The number of amides is 4. The Bertz CT molecular complexity index is 1580. The van der Waals surface area contributed by atoms with Gasteiger partial charge < -0.3 is 20.9 Å². The summed E-state index contributed by atoms with van der Waals surface area (Å²) in [4.78, 5) is 56.7. The molecule has 262 valence electrons. The fourth-order valence-electron chi connectivity index (χ4n) is 6.73. The van der Waals surface area contributed by atoms with Crippen molar-refractivity contribution in [1.82, 2.24) is 30.2 Å². The molecule has 4 amide bonds. The predicted molar refractivity (Wildman–Crippen MR) is 190 cm³/mol. The molecular weight excluding hydrogens is 642 g/mol. The molecule has 0 radical (unpaired) electrons. The van der Waals surface area contributed by atoms with Crippen LogP contribution < -0.4 is 16.0 Å². The van der Waals surface area contributed by atoms with Crippen LogP contribution in [0.15, 0.2) is 60.8 Å². The number of nitrogens with zero attached hydrogens (tertiary/aromatic N) is 4. The minimum Gasteiger partial charge on any atom is -0.344 e. The van der Waals surface area contributed by atoms with Gasteiger partial charge in [0.2, 0.25) is 17.7 Å². The van der Waals surface area contributed by atoms with Crippen molar-refractivity contribution in [3.05, 3.63) is 82.6 Å². The van der Waals surface area contributed by atoms with E-state index >= 15 is 0 Å². The Labute approximate surface area is 293 Å². The molecule has 2 fully saturated rings. The number of carbonyl (C=O) groups excluding carboxylic acids is 4. The van der Waals surface area contributed by atoms with Gasteiger partial charge in [-0.25, -0.2) is 0 Å². The standard InChI is InChI=1S/C37H48ClN7O4/c1-3-33(46)41-31(37(49)45-23-21-44(22-24-45)25-28-11-7-8-12-30(28)38)18-15-26-13-16-29(17-14-26)40-36(48)34(27-9-5-4-6-10-27)42-35(47)32-19-20-39-43(32)2/h7-8,11-14,16-17,19-20,27,31,34H,3-6,9-10,15,18,21-25H2,1-2H3,(H,40,48)(H,41,46)(H,42,47)/t31-,34+/m1/s1. The van der Waals surface area contributed by atoms with Crippen LogP contribution in [0.2, 0.25) is 5.02 Å². The number of nitrogens with one attached hydrogen (secondary N) is 3. The fraction of sp³-hybridized carbons (Fsp3) is 0.486. The summed E-state index contributed by atoms with van der Waals surface area (Å²) >= 11 is 6.35. The van der Waals surface area contributed by atoms with Gasteiger partial charge in [-0.2, -0.15) is 5.10 Å². The summed E-state index contributed by atoms with van der Waals surface area (Å²) in [5, 5.41) is 13.8. The Morgan fingerprint density at radius 2 is 1.63 bits per heavy atom. The van der Waals surface area contributed by atoms with Gasteiger partial charge in [0.25, 0.3) is 5.91 Å². The smallest absolute Gasteiger partial charge is 0.270 e. The van der Waals surface area contributed by atoms with Crippen molar-refractivity contribution < 1.29 is 19.2 Å². The number of benzene rings is 2. The number of hydrogen-bond donors (Lipinski definition) is 3. The number of hydrogen-bond acceptors (Lipinski definition) is 6. The molecule has 0 spiro atoms. The average Bonchev–Trinajstić information content (AvgIpc) is 3.56. The molecule has 2 aromatic carbocycles. The van der Waals surface area contributed by atoms with E-state index in [1.165, 1.54) is 4.68 Å². The Morgan fingerprint density at radius 1 is 0.918 bits per heavy atom. The summed E-state index contributed by atoms with van der Waals surface area (Å²) < 4.78 is 1.50. The third-order valence-electron chi connectivity index (χ3n) is 9.68. The zero-order valence-corrected chi connectivity index (χ0v) is 29.3. The molecule has 1 aliphatic heterocycles. The fourth-order valence-corrected chi connectivity index (χ4v) is 6.93. The number of aromatic nitrogens is 2. The summed E-state index contributed by atoms with van der Waals surface area (Å²) in [6, 6.07) is 15.7. The largest absolute Gasteiger partial charge is 0.344 e. The van der Waals surface area contributed by atoms with Gasteiger partial charge >= 0.3 is 0 Å². The van der Waals surface area contributed by atoms with Crippen molar-refractivity contribution in [3.8, 4) is 0 Å². The average molecular weight is 690 g/mol. The van der Waals surface area contributed by atoms with Crippen LogP contribution in [0, 0.1) is 5.92 Å². The van der Waals surface area contributed by atoms with Crippen molar-refractivity contribution in [2.45, 2.75) is 76.9 Å². The van der Waals surface area contributed by atoms with Crippen molar-refractivity contribution in [3.63, 3.8) is 0 Å². The summed E-state index contributed by atoms with van der Waals surface area (Å²) in [7, 11) is 1.70. The molecule has 0 unspecified atom stereocenters. The quantitative estimate of drug-likeness (QED) is 0.241. The van der Waals surface area contributed by atoms with Crippen LogP contribution in [0.3, 0.4) is 0 Å². The first-order chi connectivity index (χ1) is 23.7. The van der Waals surface area contributed by atoms with E-state index in [0.717, 1.165) is 67.9 Å². The third-order valence-corrected chi connectivity index (χ3v) is 10.0. The summed E-state index contributed by atoms with van der Waals surface area (Å²) in [5.41, 5.74) is 3.09. The topological polar surface area (TPSA) is 129 Å². The van der Waals surface area contributed by atoms with Gasteiger partial charge in [-0.1, -0.05) is 68.1 Å². The van der Waals surface area contributed by atoms with Crippen molar-refractivity contribution >= 4 is 40.9 Å². The highest BCUT2D eigenvalue weighted by Gasteiger charge is 2.32. The van der Waals surface area contributed by atoms with Crippen molar-refractivity contribution in [1.29, 1.82) is 0 Å². The minimum absolute atomic E-state index is 0.0586. The number of aryl methyl sites for hydroxylation is 2. The first-order valence-electron chi connectivity index (χ1n) is 17.4. The number of halogens is 1. The van der Waals surface area contributed by atoms with Crippen LogP contribution in [0.4, 0.5) is 5.69 Å². The molecule has 1 saturated heterocycles. The highest BCUT2D eigenvalue weighted by Crippen LogP contribution is 2.28. The second-order valence-corrected chi connectivity index (χ2v) is 13.5. The minimum atomic E-state index is -0.658. The van der Waals surface area contributed by atoms with E-state index < -0.39 is 12.1 Å². The van der Waals surface area contributed by atoms with Gasteiger partial charge in [0.05, 0.1) is 0 Å². The van der Waals surface area contributed by atoms with E-state index in [9.17, 15) is 19.2 Å². The molecule has 3 aromatic rings. The Kier molecular flexibility index (Phi) is 12.8. The zero-order valence-electron chi connectivity index (χ0n) is 28.5. The Balaban J connectivity index is 1.16. The lowest BCUT2D eigenvalue weighted by molar-refractivity contribution is -0.138. The number of rotatable bonds is 13. The number of piperazine rings is 1. The van der Waals surface area contributed by atoms with Gasteiger partial charge in [-0.3, -0.25) is 28.8 Å². The molecule has 2 heterocycles. The number of anilines is 1. The Hall–Kier alpha value is -4.22. The van der Waals surface area contributed by atoms with E-state index in [1.54, 1.807) is 26.2 Å². The molecule has 0 bridgehead atoms. The van der Waals surface area contributed by atoms with Gasteiger partial charge in [0.15, 0.2) is 0 Å². The third kappa shape index (κ3) is 9.92. The molecule has 12 heteroatoms. The maximum atomic E-state index is 13.6. The van der Waals surface area contributed by atoms with Crippen molar-refractivity contribution in [2.75, 3.05) is 31.5 Å². The van der Waals surface area contributed by atoms with Gasteiger partial charge in [0.1, 0.15) is 17.8 Å². The SMILES string of the molecule is CCC(=O)N[C@H](CCc1ccc(NC(=O)[C@@H](NC(=O)c2ccnn2C)C2CCCCC2)cc1)C(=O)N1CCN(Cc2ccccc2Cl)CC1. The normalized spacial score (nSPS) is 16.8. The summed E-state index contributed by atoms with van der Waals surface area (Å²) in [6.07, 6.45) is 7.87.